The fraction of sp³-hybridized carbons (Fsp3) is 0.407. The predicted molar refractivity (Wildman–Crippen MR) is 141 cm³/mol. The maximum atomic E-state index is 13.7. The molecule has 2 aromatic heterocycles. The maximum absolute atomic E-state index is 13.7. The Hall–Kier alpha value is -3.13. The van der Waals surface area contributed by atoms with Crippen LogP contribution in [0, 0.1) is 13.8 Å². The molecule has 1 aliphatic carbocycles. The van der Waals surface area contributed by atoms with E-state index in [4.69, 9.17) is 0 Å². The zero-order chi connectivity index (χ0) is 24.7. The average molecular weight is 490 g/mol. The van der Waals surface area contributed by atoms with Crippen LogP contribution in [-0.4, -0.2) is 48.3 Å². The Morgan fingerprint density at radius 1 is 1.03 bits per heavy atom. The van der Waals surface area contributed by atoms with Gasteiger partial charge in [-0.1, -0.05) is 61.4 Å². The van der Waals surface area contributed by atoms with Gasteiger partial charge in [0.05, 0.1) is 21.8 Å². The molecule has 0 saturated heterocycles. The zero-order valence-corrected chi connectivity index (χ0v) is 21.5. The monoisotopic (exact) mass is 489 g/mol. The third-order valence-corrected chi connectivity index (χ3v) is 8.19. The van der Waals surface area contributed by atoms with Crippen molar-refractivity contribution in [3.63, 3.8) is 0 Å². The van der Waals surface area contributed by atoms with Gasteiger partial charge in [0.2, 0.25) is 11.7 Å². The van der Waals surface area contributed by atoms with E-state index in [1.165, 1.54) is 31.0 Å². The highest BCUT2D eigenvalue weighted by atomic mass is 32.2. The molecule has 5 rings (SSSR count). The molecule has 0 radical (unpaired) electrons. The molecule has 8 heteroatoms. The van der Waals surface area contributed by atoms with E-state index in [-0.39, 0.29) is 16.7 Å². The van der Waals surface area contributed by atoms with E-state index in [2.05, 4.69) is 10.2 Å². The molecule has 0 spiro atoms. The van der Waals surface area contributed by atoms with Crippen molar-refractivity contribution in [3.8, 4) is 5.69 Å². The summed E-state index contributed by atoms with van der Waals surface area (Å²) in [7, 11) is 1.92. The van der Waals surface area contributed by atoms with Crippen molar-refractivity contribution in [1.82, 2.24) is 24.1 Å². The molecular weight excluding hydrogens is 458 g/mol. The number of nitrogens with zero attached hydrogens (tertiary/aromatic N) is 5. The Morgan fingerprint density at radius 2 is 1.71 bits per heavy atom. The lowest BCUT2D eigenvalue weighted by Gasteiger charge is -2.32. The van der Waals surface area contributed by atoms with Crippen LogP contribution < -0.4 is 5.56 Å². The van der Waals surface area contributed by atoms with E-state index in [9.17, 15) is 9.59 Å². The molecule has 1 saturated carbocycles. The molecule has 0 N–H and O–H groups in total. The SMILES string of the molecule is Cc1cccc(C)c1-n1c(=O)c2ccccc2n2c(SC(C)C(=O)N(C)C3CCCCC3)nnc12. The Morgan fingerprint density at radius 3 is 2.43 bits per heavy atom. The first-order chi connectivity index (χ1) is 16.9. The Bertz CT molecular complexity index is 1450. The first-order valence-corrected chi connectivity index (χ1v) is 13.1. The van der Waals surface area contributed by atoms with Crippen molar-refractivity contribution in [2.45, 2.75) is 69.3 Å². The summed E-state index contributed by atoms with van der Waals surface area (Å²) >= 11 is 1.40. The van der Waals surface area contributed by atoms with Gasteiger partial charge in [-0.3, -0.25) is 14.0 Å². The minimum Gasteiger partial charge on any atom is -0.342 e. The van der Waals surface area contributed by atoms with Crippen LogP contribution in [0.25, 0.3) is 22.4 Å². The number of benzene rings is 2. The molecule has 2 aromatic carbocycles. The molecule has 1 fully saturated rings. The van der Waals surface area contributed by atoms with E-state index in [1.807, 2.05) is 79.6 Å². The molecule has 1 aliphatic rings. The molecule has 0 aliphatic heterocycles. The highest BCUT2D eigenvalue weighted by molar-refractivity contribution is 8.00. The van der Waals surface area contributed by atoms with Gasteiger partial charge < -0.3 is 4.90 Å². The second kappa shape index (κ2) is 9.49. The Labute approximate surface area is 209 Å². The van der Waals surface area contributed by atoms with Crippen molar-refractivity contribution >= 4 is 34.3 Å². The van der Waals surface area contributed by atoms with Crippen molar-refractivity contribution < 1.29 is 4.79 Å². The van der Waals surface area contributed by atoms with Crippen molar-refractivity contribution in [3.05, 3.63) is 63.9 Å². The molecular formula is C27H31N5O2S. The van der Waals surface area contributed by atoms with Gasteiger partial charge in [-0.05, 0) is 56.9 Å². The van der Waals surface area contributed by atoms with Crippen LogP contribution in [0.1, 0.15) is 50.2 Å². The number of amides is 1. The van der Waals surface area contributed by atoms with Gasteiger partial charge >= 0.3 is 0 Å². The summed E-state index contributed by atoms with van der Waals surface area (Å²) in [5.74, 6) is 0.555. The largest absolute Gasteiger partial charge is 0.342 e. The van der Waals surface area contributed by atoms with Gasteiger partial charge in [0, 0.05) is 13.1 Å². The number of carbonyl (C=O) groups is 1. The summed E-state index contributed by atoms with van der Waals surface area (Å²) in [5.41, 5.74) is 3.40. The number of aromatic nitrogens is 4. The van der Waals surface area contributed by atoms with Crippen LogP contribution in [0.3, 0.4) is 0 Å². The van der Waals surface area contributed by atoms with E-state index in [0.29, 0.717) is 22.4 Å². The smallest absolute Gasteiger partial charge is 0.267 e. The molecule has 1 atom stereocenters. The summed E-state index contributed by atoms with van der Waals surface area (Å²) in [4.78, 5) is 28.9. The maximum Gasteiger partial charge on any atom is 0.267 e. The minimum atomic E-state index is -0.325. The third-order valence-electron chi connectivity index (χ3n) is 7.16. The third kappa shape index (κ3) is 4.14. The van der Waals surface area contributed by atoms with Gasteiger partial charge in [-0.2, -0.15) is 0 Å². The fourth-order valence-electron chi connectivity index (χ4n) is 5.26. The van der Waals surface area contributed by atoms with Crippen molar-refractivity contribution in [2.24, 2.45) is 0 Å². The highest BCUT2D eigenvalue weighted by Gasteiger charge is 2.28. The van der Waals surface area contributed by atoms with Crippen LogP contribution in [0.5, 0.6) is 0 Å². The second-order valence-corrected chi connectivity index (χ2v) is 10.8. The number of fused-ring (bicyclic) bond motifs is 3. The summed E-state index contributed by atoms with van der Waals surface area (Å²) in [5, 5.41) is 9.80. The summed E-state index contributed by atoms with van der Waals surface area (Å²) in [6, 6.07) is 13.8. The summed E-state index contributed by atoms with van der Waals surface area (Å²) < 4.78 is 3.57. The lowest BCUT2D eigenvalue weighted by molar-refractivity contribution is -0.131. The quantitative estimate of drug-likeness (QED) is 0.372. The Balaban J connectivity index is 1.61. The lowest BCUT2D eigenvalue weighted by atomic mass is 9.94. The number of aryl methyl sites for hydroxylation is 2. The van der Waals surface area contributed by atoms with Gasteiger partial charge in [-0.25, -0.2) is 4.57 Å². The average Bonchev–Trinajstić information content (AvgIpc) is 3.28. The number of para-hydroxylation sites is 2. The minimum absolute atomic E-state index is 0.103. The van der Waals surface area contributed by atoms with Gasteiger partial charge in [0.15, 0.2) is 5.16 Å². The van der Waals surface area contributed by atoms with E-state index in [1.54, 1.807) is 4.57 Å². The van der Waals surface area contributed by atoms with Crippen molar-refractivity contribution in [1.29, 1.82) is 0 Å². The number of thioether (sulfide) groups is 1. The molecule has 35 heavy (non-hydrogen) atoms. The fourth-order valence-corrected chi connectivity index (χ4v) is 6.22. The molecule has 0 bridgehead atoms. The van der Waals surface area contributed by atoms with Crippen LogP contribution in [-0.2, 0) is 4.79 Å². The van der Waals surface area contributed by atoms with E-state index >= 15 is 0 Å². The van der Waals surface area contributed by atoms with Crippen LogP contribution in [0.4, 0.5) is 0 Å². The number of rotatable bonds is 5. The van der Waals surface area contributed by atoms with Crippen molar-refractivity contribution in [2.75, 3.05) is 7.05 Å². The van der Waals surface area contributed by atoms with Gasteiger partial charge in [0.25, 0.3) is 5.56 Å². The zero-order valence-electron chi connectivity index (χ0n) is 20.7. The molecule has 1 amide bonds. The molecule has 2 heterocycles. The normalized spacial score (nSPS) is 15.5. The number of hydrogen-bond acceptors (Lipinski definition) is 5. The first-order valence-electron chi connectivity index (χ1n) is 12.3. The molecule has 7 nitrogen and oxygen atoms in total. The van der Waals surface area contributed by atoms with Gasteiger partial charge in [0.1, 0.15) is 0 Å². The van der Waals surface area contributed by atoms with Crippen LogP contribution in [0.2, 0.25) is 0 Å². The molecule has 4 aromatic rings. The van der Waals surface area contributed by atoms with E-state index in [0.717, 1.165) is 35.2 Å². The summed E-state index contributed by atoms with van der Waals surface area (Å²) in [6.07, 6.45) is 5.75. The topological polar surface area (TPSA) is 72.5 Å². The highest BCUT2D eigenvalue weighted by Crippen LogP contribution is 2.29. The van der Waals surface area contributed by atoms with Gasteiger partial charge in [-0.15, -0.1) is 10.2 Å². The predicted octanol–water partition coefficient (Wildman–Crippen LogP) is 4.92. The molecule has 1 unspecified atom stereocenters. The lowest BCUT2D eigenvalue weighted by Crippen LogP contribution is -2.42. The van der Waals surface area contributed by atoms with E-state index < -0.39 is 0 Å². The van der Waals surface area contributed by atoms with Crippen LogP contribution in [0.15, 0.2) is 52.4 Å². The standard InChI is InChI=1S/C27H31N5O2S/c1-17-11-10-12-18(2)23(17)32-25(34)21-15-8-9-16-22(21)31-26(32)28-29-27(31)35-19(3)24(33)30(4)20-13-6-5-7-14-20/h8-12,15-16,19-20H,5-7,13-14H2,1-4H3. The summed E-state index contributed by atoms with van der Waals surface area (Å²) in [6.45, 7) is 5.92. The first kappa shape index (κ1) is 23.6. The van der Waals surface area contributed by atoms with Crippen LogP contribution >= 0.6 is 11.8 Å². The second-order valence-electron chi connectivity index (χ2n) is 9.52. The number of hydrogen-bond donors (Lipinski definition) is 0. The Kier molecular flexibility index (Phi) is 6.40. The molecule has 182 valence electrons. The number of carbonyl (C=O) groups excluding carboxylic acids is 1.